The Labute approximate surface area is 114 Å². The molecule has 2 rings (SSSR count). The van der Waals surface area contributed by atoms with E-state index in [4.69, 9.17) is 5.26 Å². The number of hydrogen-bond donors (Lipinski definition) is 1. The summed E-state index contributed by atoms with van der Waals surface area (Å²) >= 11 is 3.41. The minimum Gasteiger partial charge on any atom is -0.351 e. The summed E-state index contributed by atoms with van der Waals surface area (Å²) in [7, 11) is 0. The minimum atomic E-state index is -0.143. The number of nitrogens with zero attached hydrogens (tertiary/aromatic N) is 1. The number of carbonyl (C=O) groups is 1. The van der Waals surface area contributed by atoms with Crippen LogP contribution in [-0.4, -0.2) is 12.5 Å². The maximum absolute atomic E-state index is 11.8. The number of fused-ring (bicyclic) bond motifs is 1. The molecular formula is C14H11BrN2O. The van der Waals surface area contributed by atoms with Crippen molar-refractivity contribution < 1.29 is 4.79 Å². The molecule has 1 N–H and O–H groups in total. The molecule has 0 aliphatic heterocycles. The van der Waals surface area contributed by atoms with Gasteiger partial charge in [-0.3, -0.25) is 4.79 Å². The summed E-state index contributed by atoms with van der Waals surface area (Å²) < 4.78 is 1.02. The Morgan fingerprint density at radius 2 is 1.94 bits per heavy atom. The predicted molar refractivity (Wildman–Crippen MR) is 74.2 cm³/mol. The van der Waals surface area contributed by atoms with Crippen molar-refractivity contribution in [3.05, 3.63) is 46.4 Å². The summed E-state index contributed by atoms with van der Waals surface area (Å²) in [4.78, 5) is 11.8. The molecule has 0 heterocycles. The lowest BCUT2D eigenvalue weighted by Gasteiger charge is -2.05. The number of rotatable bonds is 3. The minimum absolute atomic E-state index is 0.143. The van der Waals surface area contributed by atoms with Gasteiger partial charge in [-0.05, 0) is 35.0 Å². The molecule has 0 bridgehead atoms. The van der Waals surface area contributed by atoms with Crippen LogP contribution in [0.1, 0.15) is 16.8 Å². The van der Waals surface area contributed by atoms with Crippen LogP contribution in [0.25, 0.3) is 10.8 Å². The Balaban J connectivity index is 2.22. The molecule has 2 aromatic carbocycles. The first-order valence-electron chi connectivity index (χ1n) is 5.55. The zero-order chi connectivity index (χ0) is 13.0. The van der Waals surface area contributed by atoms with Crippen LogP contribution in [0.4, 0.5) is 0 Å². The Hall–Kier alpha value is -1.86. The fraction of sp³-hybridized carbons (Fsp3) is 0.143. The quantitative estimate of drug-likeness (QED) is 0.885. The maximum Gasteiger partial charge on any atom is 0.251 e. The molecule has 0 atom stereocenters. The highest BCUT2D eigenvalue weighted by Gasteiger charge is 2.05. The maximum atomic E-state index is 11.8. The second-order valence-corrected chi connectivity index (χ2v) is 4.79. The van der Waals surface area contributed by atoms with Crippen molar-refractivity contribution in [3.63, 3.8) is 0 Å². The van der Waals surface area contributed by atoms with Crippen LogP contribution in [-0.2, 0) is 0 Å². The van der Waals surface area contributed by atoms with E-state index in [-0.39, 0.29) is 5.91 Å². The molecule has 1 amide bonds. The first kappa shape index (κ1) is 12.6. The molecule has 3 nitrogen and oxygen atoms in total. The first-order valence-corrected chi connectivity index (χ1v) is 6.34. The molecule has 2 aromatic rings. The van der Waals surface area contributed by atoms with Crippen LogP contribution in [0, 0.1) is 11.3 Å². The molecule has 0 saturated heterocycles. The van der Waals surface area contributed by atoms with Gasteiger partial charge in [-0.15, -0.1) is 0 Å². The van der Waals surface area contributed by atoms with E-state index < -0.39 is 0 Å². The third-order valence-electron chi connectivity index (χ3n) is 2.59. The number of hydrogen-bond acceptors (Lipinski definition) is 2. The van der Waals surface area contributed by atoms with Gasteiger partial charge in [0.25, 0.3) is 5.91 Å². The summed E-state index contributed by atoms with van der Waals surface area (Å²) in [5, 5.41) is 13.2. The molecule has 0 radical (unpaired) electrons. The fourth-order valence-electron chi connectivity index (χ4n) is 1.69. The average molecular weight is 303 g/mol. The summed E-state index contributed by atoms with van der Waals surface area (Å²) in [5.74, 6) is -0.143. The highest BCUT2D eigenvalue weighted by molar-refractivity contribution is 9.10. The lowest BCUT2D eigenvalue weighted by molar-refractivity contribution is 0.0954. The molecule has 0 saturated carbocycles. The Morgan fingerprint density at radius 3 is 2.72 bits per heavy atom. The van der Waals surface area contributed by atoms with Crippen LogP contribution in [0.15, 0.2) is 40.9 Å². The highest BCUT2D eigenvalue weighted by Crippen LogP contribution is 2.20. The van der Waals surface area contributed by atoms with Gasteiger partial charge < -0.3 is 5.32 Å². The standard InChI is InChI=1S/C14H11BrN2O/c15-13-5-4-10-8-12(3-2-11(10)9-13)14(18)17-7-1-6-16/h2-5,8-9H,1,7H2,(H,17,18). The molecule has 0 spiro atoms. The normalized spacial score (nSPS) is 10.0. The van der Waals surface area contributed by atoms with E-state index in [0.717, 1.165) is 15.2 Å². The number of amides is 1. The SMILES string of the molecule is N#CCCNC(=O)c1ccc2cc(Br)ccc2c1. The van der Waals surface area contributed by atoms with E-state index in [2.05, 4.69) is 21.2 Å². The molecule has 0 aliphatic rings. The molecule has 4 heteroatoms. The van der Waals surface area contributed by atoms with E-state index in [1.54, 1.807) is 6.07 Å². The van der Waals surface area contributed by atoms with Gasteiger partial charge >= 0.3 is 0 Å². The van der Waals surface area contributed by atoms with Crippen molar-refractivity contribution in [3.8, 4) is 6.07 Å². The van der Waals surface area contributed by atoms with Crippen LogP contribution in [0.2, 0.25) is 0 Å². The zero-order valence-corrected chi connectivity index (χ0v) is 11.2. The first-order chi connectivity index (χ1) is 8.70. The fourth-order valence-corrected chi connectivity index (χ4v) is 2.07. The molecule has 0 fully saturated rings. The van der Waals surface area contributed by atoms with Crippen molar-refractivity contribution in [1.82, 2.24) is 5.32 Å². The molecule has 0 aromatic heterocycles. The van der Waals surface area contributed by atoms with Gasteiger partial charge in [0.05, 0.1) is 12.5 Å². The van der Waals surface area contributed by atoms with E-state index in [1.807, 2.05) is 36.4 Å². The molecular weight excluding hydrogens is 292 g/mol. The zero-order valence-electron chi connectivity index (χ0n) is 9.61. The van der Waals surface area contributed by atoms with Crippen LogP contribution < -0.4 is 5.32 Å². The molecule has 90 valence electrons. The van der Waals surface area contributed by atoms with Crippen molar-refractivity contribution in [2.75, 3.05) is 6.54 Å². The van der Waals surface area contributed by atoms with E-state index in [1.165, 1.54) is 0 Å². The van der Waals surface area contributed by atoms with Gasteiger partial charge in [0.2, 0.25) is 0 Å². The van der Waals surface area contributed by atoms with Gasteiger partial charge in [-0.2, -0.15) is 5.26 Å². The Morgan fingerprint density at radius 1 is 1.22 bits per heavy atom. The van der Waals surface area contributed by atoms with Crippen LogP contribution in [0.5, 0.6) is 0 Å². The van der Waals surface area contributed by atoms with E-state index >= 15 is 0 Å². The predicted octanol–water partition coefficient (Wildman–Crippen LogP) is 3.25. The summed E-state index contributed by atoms with van der Waals surface area (Å²) in [6.07, 6.45) is 0.326. The second kappa shape index (κ2) is 5.65. The topological polar surface area (TPSA) is 52.9 Å². The number of halogens is 1. The molecule has 0 aliphatic carbocycles. The number of benzene rings is 2. The Kier molecular flexibility index (Phi) is 3.96. The number of nitrogens with one attached hydrogen (secondary N) is 1. The van der Waals surface area contributed by atoms with E-state index in [0.29, 0.717) is 18.5 Å². The van der Waals surface area contributed by atoms with Crippen molar-refractivity contribution >= 4 is 32.6 Å². The van der Waals surface area contributed by atoms with E-state index in [9.17, 15) is 4.79 Å². The van der Waals surface area contributed by atoms with Crippen LogP contribution >= 0.6 is 15.9 Å². The van der Waals surface area contributed by atoms with Crippen molar-refractivity contribution in [2.45, 2.75) is 6.42 Å². The smallest absolute Gasteiger partial charge is 0.251 e. The molecule has 18 heavy (non-hydrogen) atoms. The number of carbonyl (C=O) groups excluding carboxylic acids is 1. The van der Waals surface area contributed by atoms with Crippen LogP contribution in [0.3, 0.4) is 0 Å². The second-order valence-electron chi connectivity index (χ2n) is 3.87. The lowest BCUT2D eigenvalue weighted by atomic mass is 10.1. The largest absolute Gasteiger partial charge is 0.351 e. The summed E-state index contributed by atoms with van der Waals surface area (Å²) in [6.45, 7) is 0.383. The van der Waals surface area contributed by atoms with Gasteiger partial charge in [-0.25, -0.2) is 0 Å². The Bertz CT molecular complexity index is 631. The summed E-state index contributed by atoms with van der Waals surface area (Å²) in [6, 6.07) is 13.5. The van der Waals surface area contributed by atoms with Gasteiger partial charge in [0.15, 0.2) is 0 Å². The van der Waals surface area contributed by atoms with Gasteiger partial charge in [0.1, 0.15) is 0 Å². The summed E-state index contributed by atoms with van der Waals surface area (Å²) in [5.41, 5.74) is 0.614. The molecule has 0 unspecified atom stereocenters. The number of nitriles is 1. The third-order valence-corrected chi connectivity index (χ3v) is 3.08. The monoisotopic (exact) mass is 302 g/mol. The van der Waals surface area contributed by atoms with Crippen molar-refractivity contribution in [1.29, 1.82) is 5.26 Å². The highest BCUT2D eigenvalue weighted by atomic mass is 79.9. The van der Waals surface area contributed by atoms with Gasteiger partial charge in [0, 0.05) is 16.6 Å². The lowest BCUT2D eigenvalue weighted by Crippen LogP contribution is -2.24. The van der Waals surface area contributed by atoms with Gasteiger partial charge in [-0.1, -0.05) is 28.1 Å². The third kappa shape index (κ3) is 2.88. The average Bonchev–Trinajstić information content (AvgIpc) is 2.38. The van der Waals surface area contributed by atoms with Crippen molar-refractivity contribution in [2.24, 2.45) is 0 Å².